The first-order chi connectivity index (χ1) is 14.3. The van der Waals surface area contributed by atoms with E-state index >= 15 is 0 Å². The maximum Gasteiger partial charge on any atom is 0.122 e. The zero-order chi connectivity index (χ0) is 20.9. The summed E-state index contributed by atoms with van der Waals surface area (Å²) in [7, 11) is 0. The van der Waals surface area contributed by atoms with Gasteiger partial charge in [-0.2, -0.15) is 0 Å². The fourth-order valence-electron chi connectivity index (χ4n) is 9.84. The maximum absolute atomic E-state index is 10.3. The van der Waals surface area contributed by atoms with Crippen molar-refractivity contribution in [1.82, 2.24) is 5.32 Å². The van der Waals surface area contributed by atoms with Crippen molar-refractivity contribution in [1.29, 1.82) is 0 Å². The minimum atomic E-state index is -0.100. The minimum absolute atomic E-state index is 0.0439. The number of aliphatic hydroxyl groups excluding tert-OH is 1. The molecule has 2 N–H and O–H groups in total. The molecule has 0 bridgehead atoms. The Hall–Kier alpha value is -0.380. The van der Waals surface area contributed by atoms with Crippen LogP contribution in [0.25, 0.3) is 0 Å². The average molecular weight is 414 g/mol. The van der Waals surface area contributed by atoms with Gasteiger partial charge in [0.25, 0.3) is 0 Å². The average Bonchev–Trinajstić information content (AvgIpc) is 3.16. The van der Waals surface area contributed by atoms with Crippen LogP contribution in [0.2, 0.25) is 0 Å². The molecule has 3 nitrogen and oxygen atoms in total. The van der Waals surface area contributed by atoms with Crippen LogP contribution in [0, 0.1) is 46.3 Å². The summed E-state index contributed by atoms with van der Waals surface area (Å²) in [6.07, 6.45) is 13.8. The molecule has 8 unspecified atom stereocenters. The Bertz CT molecular complexity index is 739. The number of hydrogen-bond acceptors (Lipinski definition) is 3. The Kier molecular flexibility index (Phi) is 4.44. The van der Waals surface area contributed by atoms with Gasteiger partial charge in [-0.05, 0) is 98.2 Å². The summed E-state index contributed by atoms with van der Waals surface area (Å²) in [5.41, 5.74) is 2.33. The third kappa shape index (κ3) is 2.55. The Balaban J connectivity index is 1.28. The SMILES string of the molecule is CC1CCC2(NC1)OC1CC3C4CC=C5C[C@@H](O)CC[C@]5(C)C4CC[C@]3(C)C1C2C. The highest BCUT2D eigenvalue weighted by molar-refractivity contribution is 5.26. The molecule has 0 aromatic rings. The van der Waals surface area contributed by atoms with Gasteiger partial charge in [0, 0.05) is 12.5 Å². The van der Waals surface area contributed by atoms with Crippen LogP contribution in [0.3, 0.4) is 0 Å². The predicted octanol–water partition coefficient (Wildman–Crippen LogP) is 5.29. The number of hydrogen-bond donors (Lipinski definition) is 2. The van der Waals surface area contributed by atoms with Crippen molar-refractivity contribution in [3.8, 4) is 0 Å². The van der Waals surface area contributed by atoms with E-state index in [9.17, 15) is 5.11 Å². The smallest absolute Gasteiger partial charge is 0.122 e. The Morgan fingerprint density at radius 2 is 1.90 bits per heavy atom. The largest absolute Gasteiger partial charge is 0.393 e. The fourth-order valence-corrected chi connectivity index (χ4v) is 9.84. The highest BCUT2D eigenvalue weighted by Gasteiger charge is 2.68. The molecule has 3 saturated carbocycles. The van der Waals surface area contributed by atoms with Gasteiger partial charge in [0.15, 0.2) is 0 Å². The van der Waals surface area contributed by atoms with Crippen LogP contribution < -0.4 is 5.32 Å². The van der Waals surface area contributed by atoms with E-state index in [0.29, 0.717) is 22.9 Å². The molecular formula is C27H43NO2. The van der Waals surface area contributed by atoms with E-state index in [4.69, 9.17) is 4.74 Å². The molecule has 6 aliphatic rings. The molecule has 2 saturated heterocycles. The first-order valence-electron chi connectivity index (χ1n) is 13.1. The predicted molar refractivity (Wildman–Crippen MR) is 120 cm³/mol. The van der Waals surface area contributed by atoms with Crippen LogP contribution in [-0.2, 0) is 4.74 Å². The second-order valence-corrected chi connectivity index (χ2v) is 12.8. The number of piperidine rings is 1. The highest BCUT2D eigenvalue weighted by atomic mass is 16.5. The number of rotatable bonds is 0. The number of ether oxygens (including phenoxy) is 1. The van der Waals surface area contributed by atoms with Crippen LogP contribution in [0.15, 0.2) is 11.6 Å². The quantitative estimate of drug-likeness (QED) is 0.530. The van der Waals surface area contributed by atoms with Gasteiger partial charge in [-0.3, -0.25) is 5.32 Å². The molecule has 0 aromatic carbocycles. The molecule has 2 heterocycles. The first kappa shape index (κ1) is 20.2. The van der Waals surface area contributed by atoms with Gasteiger partial charge in [-0.15, -0.1) is 0 Å². The van der Waals surface area contributed by atoms with Crippen molar-refractivity contribution in [3.05, 3.63) is 11.6 Å². The lowest BCUT2D eigenvalue weighted by atomic mass is 9.47. The molecule has 0 radical (unpaired) electrons. The van der Waals surface area contributed by atoms with Crippen LogP contribution in [-0.4, -0.2) is 29.6 Å². The van der Waals surface area contributed by atoms with Crippen LogP contribution >= 0.6 is 0 Å². The van der Waals surface area contributed by atoms with Crippen molar-refractivity contribution in [2.45, 2.75) is 103 Å². The van der Waals surface area contributed by atoms with Crippen molar-refractivity contribution in [3.63, 3.8) is 0 Å². The summed E-state index contributed by atoms with van der Waals surface area (Å²) in [5, 5.41) is 14.1. The lowest BCUT2D eigenvalue weighted by molar-refractivity contribution is -0.115. The van der Waals surface area contributed by atoms with Crippen molar-refractivity contribution >= 4 is 0 Å². The normalized spacial score (nSPS) is 59.8. The van der Waals surface area contributed by atoms with Gasteiger partial charge in [0.05, 0.1) is 12.2 Å². The molecule has 4 aliphatic carbocycles. The minimum Gasteiger partial charge on any atom is -0.393 e. The summed E-state index contributed by atoms with van der Waals surface area (Å²) < 4.78 is 7.00. The molecule has 0 amide bonds. The Labute approximate surface area is 183 Å². The lowest BCUT2D eigenvalue weighted by Gasteiger charge is -2.58. The van der Waals surface area contributed by atoms with Crippen molar-refractivity contribution in [2.75, 3.05) is 6.54 Å². The number of fused-ring (bicyclic) bond motifs is 7. The van der Waals surface area contributed by atoms with Gasteiger partial charge in [0.2, 0.25) is 0 Å². The molecular weight excluding hydrogens is 370 g/mol. The van der Waals surface area contributed by atoms with E-state index in [1.165, 1.54) is 44.9 Å². The first-order valence-corrected chi connectivity index (χ1v) is 13.1. The monoisotopic (exact) mass is 413 g/mol. The van der Waals surface area contributed by atoms with Gasteiger partial charge < -0.3 is 9.84 Å². The summed E-state index contributed by atoms with van der Waals surface area (Å²) in [4.78, 5) is 0. The van der Waals surface area contributed by atoms with E-state index in [1.54, 1.807) is 5.57 Å². The number of aliphatic hydroxyl groups is 1. The van der Waals surface area contributed by atoms with Gasteiger partial charge >= 0.3 is 0 Å². The van der Waals surface area contributed by atoms with Crippen molar-refractivity contribution in [2.24, 2.45) is 46.3 Å². The zero-order valence-corrected chi connectivity index (χ0v) is 19.6. The van der Waals surface area contributed by atoms with E-state index < -0.39 is 0 Å². The maximum atomic E-state index is 10.3. The summed E-state index contributed by atoms with van der Waals surface area (Å²) in [5.74, 6) is 4.58. The van der Waals surface area contributed by atoms with Crippen LogP contribution in [0.5, 0.6) is 0 Å². The summed E-state index contributed by atoms with van der Waals surface area (Å²) in [6, 6.07) is 0. The topological polar surface area (TPSA) is 41.5 Å². The molecule has 6 rings (SSSR count). The zero-order valence-electron chi connectivity index (χ0n) is 19.6. The third-order valence-electron chi connectivity index (χ3n) is 11.6. The number of nitrogens with one attached hydrogen (secondary N) is 1. The second kappa shape index (κ2) is 6.58. The molecule has 0 aromatic heterocycles. The van der Waals surface area contributed by atoms with Crippen LogP contribution in [0.4, 0.5) is 0 Å². The Morgan fingerprint density at radius 1 is 1.07 bits per heavy atom. The second-order valence-electron chi connectivity index (χ2n) is 12.8. The van der Waals surface area contributed by atoms with Gasteiger partial charge in [-0.1, -0.05) is 39.3 Å². The van der Waals surface area contributed by atoms with E-state index in [-0.39, 0.29) is 11.8 Å². The molecule has 1 spiro atoms. The molecule has 3 heteroatoms. The van der Waals surface area contributed by atoms with E-state index in [0.717, 1.165) is 49.0 Å². The lowest BCUT2D eigenvalue weighted by Crippen LogP contribution is -2.57. The number of allylic oxidation sites excluding steroid dienone is 1. The fraction of sp³-hybridized carbons (Fsp3) is 0.926. The van der Waals surface area contributed by atoms with E-state index in [2.05, 4.69) is 39.1 Å². The van der Waals surface area contributed by atoms with Gasteiger partial charge in [0.1, 0.15) is 5.72 Å². The van der Waals surface area contributed by atoms with Gasteiger partial charge in [-0.25, -0.2) is 0 Å². The third-order valence-corrected chi connectivity index (χ3v) is 11.6. The highest BCUT2D eigenvalue weighted by Crippen LogP contribution is 2.70. The van der Waals surface area contributed by atoms with Crippen molar-refractivity contribution < 1.29 is 9.84 Å². The van der Waals surface area contributed by atoms with E-state index in [1.807, 2.05) is 0 Å². The molecule has 2 aliphatic heterocycles. The molecule has 168 valence electrons. The summed E-state index contributed by atoms with van der Waals surface area (Å²) >= 11 is 0. The molecule has 11 atom stereocenters. The molecule has 5 fully saturated rings. The Morgan fingerprint density at radius 3 is 2.67 bits per heavy atom. The molecule has 30 heavy (non-hydrogen) atoms. The summed E-state index contributed by atoms with van der Waals surface area (Å²) in [6.45, 7) is 11.2. The van der Waals surface area contributed by atoms with Crippen LogP contribution in [0.1, 0.15) is 85.5 Å². The standard InChI is InChI=1S/C27H43NO2/c1-16-7-12-27(28-15-16)17(2)24-23(30-27)14-22-20-6-5-18-13-19(29)8-10-25(18,3)21(20)9-11-26(22,24)4/h5,16-17,19-24,28-29H,6-15H2,1-4H3/t16?,17?,19-,20?,21?,22?,23?,24?,25-,26-,27?/m0/s1.